The van der Waals surface area contributed by atoms with Gasteiger partial charge >= 0.3 is 0 Å². The van der Waals surface area contributed by atoms with Crippen molar-refractivity contribution in [1.82, 2.24) is 19.7 Å². The first-order valence-corrected chi connectivity index (χ1v) is 10.4. The highest BCUT2D eigenvalue weighted by molar-refractivity contribution is 7.98. The molecule has 0 aromatic carbocycles. The van der Waals surface area contributed by atoms with E-state index in [2.05, 4.69) is 19.9 Å². The summed E-state index contributed by atoms with van der Waals surface area (Å²) in [6, 6.07) is 1.79. The molecule has 2 aromatic rings. The Morgan fingerprint density at radius 3 is 2.83 bits per heavy atom. The van der Waals surface area contributed by atoms with E-state index >= 15 is 0 Å². The molecular formula is C16H21N5OS2. The molecule has 0 radical (unpaired) electrons. The Hall–Kier alpha value is -1.38. The minimum Gasteiger partial charge on any atom is -0.346 e. The monoisotopic (exact) mass is 363 g/mol. The van der Waals surface area contributed by atoms with Crippen LogP contribution in [-0.2, 0) is 18.7 Å². The van der Waals surface area contributed by atoms with Gasteiger partial charge in [0.2, 0.25) is 0 Å². The van der Waals surface area contributed by atoms with Crippen molar-refractivity contribution in [3.63, 3.8) is 0 Å². The molecule has 0 unspecified atom stereocenters. The third kappa shape index (κ3) is 3.50. The van der Waals surface area contributed by atoms with Crippen molar-refractivity contribution < 1.29 is 0 Å². The van der Waals surface area contributed by atoms with Gasteiger partial charge in [0.1, 0.15) is 0 Å². The second-order valence-corrected chi connectivity index (χ2v) is 8.10. The molecule has 4 heterocycles. The number of aryl methyl sites for hydroxylation is 1. The number of hydrogen-bond acceptors (Lipinski definition) is 7. The number of hydrogen-bond donors (Lipinski definition) is 0. The van der Waals surface area contributed by atoms with Crippen LogP contribution in [0.2, 0.25) is 0 Å². The van der Waals surface area contributed by atoms with Crippen LogP contribution in [0, 0.1) is 0 Å². The second kappa shape index (κ2) is 7.25. The normalized spacial score (nSPS) is 18.6. The van der Waals surface area contributed by atoms with Crippen molar-refractivity contribution in [2.75, 3.05) is 43.4 Å². The summed E-state index contributed by atoms with van der Waals surface area (Å²) in [5.41, 5.74) is 2.28. The van der Waals surface area contributed by atoms with E-state index in [1.807, 2.05) is 23.3 Å². The molecule has 0 amide bonds. The minimum atomic E-state index is 0.0395. The molecule has 4 rings (SSSR count). The fourth-order valence-corrected chi connectivity index (χ4v) is 4.83. The number of thioether (sulfide) groups is 1. The van der Waals surface area contributed by atoms with E-state index in [4.69, 9.17) is 0 Å². The van der Waals surface area contributed by atoms with Crippen molar-refractivity contribution in [3.05, 3.63) is 39.3 Å². The zero-order chi connectivity index (χ0) is 16.4. The molecule has 2 aliphatic heterocycles. The van der Waals surface area contributed by atoms with E-state index in [1.54, 1.807) is 22.1 Å². The maximum Gasteiger partial charge on any atom is 0.267 e. The Morgan fingerprint density at radius 1 is 1.17 bits per heavy atom. The van der Waals surface area contributed by atoms with Gasteiger partial charge in [0.15, 0.2) is 5.13 Å². The van der Waals surface area contributed by atoms with Gasteiger partial charge in [0.05, 0.1) is 12.2 Å². The molecule has 8 heteroatoms. The van der Waals surface area contributed by atoms with Crippen LogP contribution in [0.25, 0.3) is 0 Å². The maximum atomic E-state index is 12.2. The van der Waals surface area contributed by atoms with E-state index in [0.717, 1.165) is 67.0 Å². The van der Waals surface area contributed by atoms with Crippen molar-refractivity contribution in [1.29, 1.82) is 0 Å². The van der Waals surface area contributed by atoms with Crippen LogP contribution < -0.4 is 10.5 Å². The van der Waals surface area contributed by atoms with Crippen LogP contribution in [0.1, 0.15) is 11.3 Å². The van der Waals surface area contributed by atoms with Gasteiger partial charge < -0.3 is 4.90 Å². The van der Waals surface area contributed by atoms with Gasteiger partial charge in [-0.15, -0.1) is 11.3 Å². The molecule has 0 saturated carbocycles. The SMILES string of the molecule is O=c1cc2c(nn1CCN1CCN(c3nccs3)CC1)CCSC2. The highest BCUT2D eigenvalue weighted by Gasteiger charge is 2.19. The first-order chi connectivity index (χ1) is 11.8. The summed E-state index contributed by atoms with van der Waals surface area (Å²) < 4.78 is 1.65. The van der Waals surface area contributed by atoms with Gasteiger partial charge in [-0.1, -0.05) is 0 Å². The summed E-state index contributed by atoms with van der Waals surface area (Å²) >= 11 is 3.58. The molecule has 1 saturated heterocycles. The maximum absolute atomic E-state index is 12.2. The molecule has 0 aliphatic carbocycles. The third-order valence-corrected chi connectivity index (χ3v) is 6.44. The summed E-state index contributed by atoms with van der Waals surface area (Å²) in [7, 11) is 0. The number of piperazine rings is 1. The van der Waals surface area contributed by atoms with Crippen LogP contribution in [0.4, 0.5) is 5.13 Å². The first-order valence-electron chi connectivity index (χ1n) is 8.34. The number of thiazole rings is 1. The molecule has 2 aromatic heterocycles. The lowest BCUT2D eigenvalue weighted by atomic mass is 10.2. The van der Waals surface area contributed by atoms with E-state index in [0.29, 0.717) is 6.54 Å². The van der Waals surface area contributed by atoms with Gasteiger partial charge in [0.25, 0.3) is 5.56 Å². The molecule has 128 valence electrons. The second-order valence-electron chi connectivity index (χ2n) is 6.12. The Labute approximate surface area is 149 Å². The summed E-state index contributed by atoms with van der Waals surface area (Å²) in [4.78, 5) is 21.4. The predicted molar refractivity (Wildman–Crippen MR) is 99.1 cm³/mol. The first kappa shape index (κ1) is 16.1. The lowest BCUT2D eigenvalue weighted by Crippen LogP contribution is -2.47. The number of nitrogens with zero attached hydrogens (tertiary/aromatic N) is 5. The lowest BCUT2D eigenvalue weighted by Gasteiger charge is -2.34. The number of aromatic nitrogens is 3. The Kier molecular flexibility index (Phi) is 4.86. The molecule has 0 bridgehead atoms. The van der Waals surface area contributed by atoms with Gasteiger partial charge in [-0.25, -0.2) is 9.67 Å². The molecule has 0 atom stereocenters. The zero-order valence-corrected chi connectivity index (χ0v) is 15.2. The average molecular weight is 364 g/mol. The Bertz CT molecular complexity index is 737. The predicted octanol–water partition coefficient (Wildman–Crippen LogP) is 1.31. The van der Waals surface area contributed by atoms with Crippen molar-refractivity contribution in [2.45, 2.75) is 18.7 Å². The fourth-order valence-electron chi connectivity index (χ4n) is 3.18. The molecule has 24 heavy (non-hydrogen) atoms. The number of rotatable bonds is 4. The van der Waals surface area contributed by atoms with Gasteiger partial charge in [-0.05, 0) is 11.3 Å². The van der Waals surface area contributed by atoms with Gasteiger partial charge in [-0.2, -0.15) is 16.9 Å². The molecular weight excluding hydrogens is 342 g/mol. The summed E-state index contributed by atoms with van der Waals surface area (Å²) in [5, 5.41) is 7.73. The summed E-state index contributed by atoms with van der Waals surface area (Å²) in [6.45, 7) is 5.57. The van der Waals surface area contributed by atoms with Gasteiger partial charge in [-0.3, -0.25) is 9.69 Å². The number of anilines is 1. The van der Waals surface area contributed by atoms with Crippen molar-refractivity contribution in [2.24, 2.45) is 0 Å². The molecule has 0 spiro atoms. The topological polar surface area (TPSA) is 54.3 Å². The Morgan fingerprint density at radius 2 is 2.04 bits per heavy atom. The third-order valence-electron chi connectivity index (χ3n) is 4.60. The average Bonchev–Trinajstić information content (AvgIpc) is 3.15. The van der Waals surface area contributed by atoms with Crippen LogP contribution in [0.3, 0.4) is 0 Å². The molecule has 6 nitrogen and oxygen atoms in total. The quantitative estimate of drug-likeness (QED) is 0.816. The van der Waals surface area contributed by atoms with E-state index in [-0.39, 0.29) is 5.56 Å². The van der Waals surface area contributed by atoms with E-state index in [9.17, 15) is 4.79 Å². The van der Waals surface area contributed by atoms with Crippen LogP contribution in [0.15, 0.2) is 22.4 Å². The summed E-state index contributed by atoms with van der Waals surface area (Å²) in [6.07, 6.45) is 2.84. The zero-order valence-electron chi connectivity index (χ0n) is 13.6. The van der Waals surface area contributed by atoms with Crippen molar-refractivity contribution >= 4 is 28.2 Å². The summed E-state index contributed by atoms with van der Waals surface area (Å²) in [5.74, 6) is 2.04. The molecule has 1 fully saturated rings. The minimum absolute atomic E-state index is 0.0395. The highest BCUT2D eigenvalue weighted by Crippen LogP contribution is 2.21. The molecule has 0 N–H and O–H groups in total. The van der Waals surface area contributed by atoms with Crippen LogP contribution in [-0.4, -0.2) is 58.1 Å². The van der Waals surface area contributed by atoms with Crippen molar-refractivity contribution in [3.8, 4) is 0 Å². The largest absolute Gasteiger partial charge is 0.346 e. The van der Waals surface area contributed by atoms with E-state index < -0.39 is 0 Å². The lowest BCUT2D eigenvalue weighted by molar-refractivity contribution is 0.242. The Balaban J connectivity index is 1.34. The molecule has 2 aliphatic rings. The smallest absolute Gasteiger partial charge is 0.267 e. The highest BCUT2D eigenvalue weighted by atomic mass is 32.2. The standard InChI is InChI=1S/C16H21N5OS2/c22-15-11-13-12-23-9-1-14(13)18-21(15)8-5-19-3-6-20(7-4-19)16-17-2-10-24-16/h2,10-11H,1,3-9,12H2. The van der Waals surface area contributed by atoms with Gasteiger partial charge in [0, 0.05) is 62.5 Å². The fraction of sp³-hybridized carbons (Fsp3) is 0.562. The van der Waals surface area contributed by atoms with Crippen LogP contribution in [0.5, 0.6) is 0 Å². The number of fused-ring (bicyclic) bond motifs is 1. The van der Waals surface area contributed by atoms with E-state index in [1.165, 1.54) is 0 Å². The van der Waals surface area contributed by atoms with Crippen LogP contribution >= 0.6 is 23.1 Å².